The van der Waals surface area contributed by atoms with Gasteiger partial charge in [0.1, 0.15) is 5.01 Å². The quantitative estimate of drug-likeness (QED) is 0.900. The average Bonchev–Trinajstić information content (AvgIpc) is 2.86. The smallest absolute Gasteiger partial charge is 0.234 e. The zero-order valence-corrected chi connectivity index (χ0v) is 11.5. The molecule has 1 atom stereocenters. The summed E-state index contributed by atoms with van der Waals surface area (Å²) >= 11 is 1.64. The molecule has 98 valence electrons. The first kappa shape index (κ1) is 12.0. The van der Waals surface area contributed by atoms with Crippen molar-refractivity contribution in [3.05, 3.63) is 10.8 Å². The van der Waals surface area contributed by atoms with Crippen molar-refractivity contribution in [3.63, 3.8) is 0 Å². The van der Waals surface area contributed by atoms with E-state index in [0.29, 0.717) is 18.4 Å². The Hall–Kier alpha value is -1.01. The lowest BCUT2D eigenvalue weighted by molar-refractivity contribution is 0.394. The summed E-state index contributed by atoms with van der Waals surface area (Å²) in [6, 6.07) is 0. The summed E-state index contributed by atoms with van der Waals surface area (Å²) in [4.78, 5) is 0.918. The molecule has 18 heavy (non-hydrogen) atoms. The molecule has 3 rings (SSSR count). The monoisotopic (exact) mass is 265 g/mol. The molecule has 1 aliphatic rings. The summed E-state index contributed by atoms with van der Waals surface area (Å²) < 4.78 is 1.95. The summed E-state index contributed by atoms with van der Waals surface area (Å²) in [7, 11) is 0. The lowest BCUT2D eigenvalue weighted by Crippen LogP contribution is -2.15. The number of hydrogen-bond donors (Lipinski definition) is 1. The maximum Gasteiger partial charge on any atom is 0.234 e. The van der Waals surface area contributed by atoms with Crippen LogP contribution < -0.4 is 5.73 Å². The summed E-state index contributed by atoms with van der Waals surface area (Å²) in [6.45, 7) is 2.85. The van der Waals surface area contributed by atoms with Crippen molar-refractivity contribution in [2.75, 3.05) is 6.54 Å². The lowest BCUT2D eigenvalue weighted by atomic mass is 9.85. The SMILES string of the molecule is CCCC(CN)c1nn2c(C3CCC3)nnc2s1. The highest BCUT2D eigenvalue weighted by Gasteiger charge is 2.27. The molecule has 0 aromatic carbocycles. The van der Waals surface area contributed by atoms with Crippen LogP contribution in [0.2, 0.25) is 0 Å². The summed E-state index contributed by atoms with van der Waals surface area (Å²) in [6.07, 6.45) is 5.99. The highest BCUT2D eigenvalue weighted by Crippen LogP contribution is 2.36. The van der Waals surface area contributed by atoms with E-state index in [2.05, 4.69) is 17.1 Å². The Kier molecular flexibility index (Phi) is 3.30. The third-order valence-corrected chi connectivity index (χ3v) is 4.83. The van der Waals surface area contributed by atoms with E-state index in [1.807, 2.05) is 4.52 Å². The van der Waals surface area contributed by atoms with Gasteiger partial charge in [-0.05, 0) is 19.3 Å². The van der Waals surface area contributed by atoms with Gasteiger partial charge in [0.2, 0.25) is 4.96 Å². The van der Waals surface area contributed by atoms with Crippen molar-refractivity contribution in [2.45, 2.75) is 50.9 Å². The maximum absolute atomic E-state index is 5.84. The zero-order valence-electron chi connectivity index (χ0n) is 10.7. The van der Waals surface area contributed by atoms with Gasteiger partial charge in [-0.25, -0.2) is 0 Å². The Morgan fingerprint density at radius 3 is 2.89 bits per heavy atom. The lowest BCUT2D eigenvalue weighted by Gasteiger charge is -2.22. The molecule has 2 N–H and O–H groups in total. The first-order valence-electron chi connectivity index (χ1n) is 6.75. The number of rotatable bonds is 5. The van der Waals surface area contributed by atoms with Crippen LogP contribution in [0.25, 0.3) is 4.96 Å². The Morgan fingerprint density at radius 1 is 1.44 bits per heavy atom. The van der Waals surface area contributed by atoms with Crippen LogP contribution in [0, 0.1) is 0 Å². The van der Waals surface area contributed by atoms with Crippen molar-refractivity contribution >= 4 is 16.3 Å². The second-order valence-electron chi connectivity index (χ2n) is 5.04. The Morgan fingerprint density at radius 2 is 2.28 bits per heavy atom. The molecule has 0 spiro atoms. The van der Waals surface area contributed by atoms with Crippen LogP contribution in [0.1, 0.15) is 61.7 Å². The molecule has 2 aromatic heterocycles. The molecule has 0 radical (unpaired) electrons. The van der Waals surface area contributed by atoms with Crippen molar-refractivity contribution in [2.24, 2.45) is 5.73 Å². The summed E-state index contributed by atoms with van der Waals surface area (Å²) in [5, 5.41) is 14.3. The first-order chi connectivity index (χ1) is 8.83. The predicted octanol–water partition coefficient (Wildman–Crippen LogP) is 2.30. The number of hydrogen-bond acceptors (Lipinski definition) is 5. The minimum Gasteiger partial charge on any atom is -0.330 e. The van der Waals surface area contributed by atoms with Gasteiger partial charge in [-0.15, -0.1) is 10.2 Å². The van der Waals surface area contributed by atoms with Crippen molar-refractivity contribution in [1.29, 1.82) is 0 Å². The van der Waals surface area contributed by atoms with E-state index >= 15 is 0 Å². The first-order valence-corrected chi connectivity index (χ1v) is 7.57. The molecule has 0 bridgehead atoms. The topological polar surface area (TPSA) is 69.1 Å². The molecule has 6 heteroatoms. The fraction of sp³-hybridized carbons (Fsp3) is 0.750. The van der Waals surface area contributed by atoms with Crippen LogP contribution in [0.15, 0.2) is 0 Å². The molecule has 1 aliphatic carbocycles. The number of fused-ring (bicyclic) bond motifs is 1. The van der Waals surface area contributed by atoms with Crippen LogP contribution in [0.4, 0.5) is 0 Å². The van der Waals surface area contributed by atoms with E-state index in [9.17, 15) is 0 Å². The minimum atomic E-state index is 0.371. The van der Waals surface area contributed by atoms with E-state index in [0.717, 1.165) is 28.6 Å². The van der Waals surface area contributed by atoms with Crippen LogP contribution in [0.5, 0.6) is 0 Å². The number of nitrogens with two attached hydrogens (primary N) is 1. The summed E-state index contributed by atoms with van der Waals surface area (Å²) in [5.74, 6) is 1.99. The molecular formula is C12H19N5S. The fourth-order valence-corrected chi connectivity index (χ4v) is 3.42. The predicted molar refractivity (Wildman–Crippen MR) is 72.0 cm³/mol. The third-order valence-electron chi connectivity index (χ3n) is 3.77. The summed E-state index contributed by atoms with van der Waals surface area (Å²) in [5.41, 5.74) is 5.84. The zero-order chi connectivity index (χ0) is 12.5. The van der Waals surface area contributed by atoms with E-state index in [1.165, 1.54) is 19.3 Å². The largest absolute Gasteiger partial charge is 0.330 e. The number of nitrogens with zero attached hydrogens (tertiary/aromatic N) is 4. The third kappa shape index (κ3) is 1.93. The second kappa shape index (κ2) is 4.93. The van der Waals surface area contributed by atoms with Gasteiger partial charge in [0.05, 0.1) is 0 Å². The standard InChI is InChI=1S/C12H19N5S/c1-2-4-9(7-13)11-16-17-10(8-5-3-6-8)14-15-12(17)18-11/h8-9H,2-7,13H2,1H3. The second-order valence-corrected chi connectivity index (χ2v) is 6.03. The molecule has 0 aliphatic heterocycles. The highest BCUT2D eigenvalue weighted by molar-refractivity contribution is 7.16. The Balaban J connectivity index is 1.92. The van der Waals surface area contributed by atoms with Crippen molar-refractivity contribution < 1.29 is 0 Å². The highest BCUT2D eigenvalue weighted by atomic mass is 32.1. The van der Waals surface area contributed by atoms with Crippen LogP contribution in [-0.4, -0.2) is 26.4 Å². The van der Waals surface area contributed by atoms with Gasteiger partial charge in [-0.1, -0.05) is 31.1 Å². The van der Waals surface area contributed by atoms with E-state index < -0.39 is 0 Å². The van der Waals surface area contributed by atoms with E-state index in [4.69, 9.17) is 10.8 Å². The molecule has 2 heterocycles. The molecule has 0 saturated heterocycles. The number of aromatic nitrogens is 4. The van der Waals surface area contributed by atoms with E-state index in [1.54, 1.807) is 11.3 Å². The van der Waals surface area contributed by atoms with Crippen molar-refractivity contribution in [1.82, 2.24) is 19.8 Å². The molecule has 1 saturated carbocycles. The maximum atomic E-state index is 5.84. The van der Waals surface area contributed by atoms with Gasteiger partial charge in [0.15, 0.2) is 5.82 Å². The minimum absolute atomic E-state index is 0.371. The molecule has 5 nitrogen and oxygen atoms in total. The van der Waals surface area contributed by atoms with Gasteiger partial charge >= 0.3 is 0 Å². The van der Waals surface area contributed by atoms with Gasteiger partial charge in [-0.2, -0.15) is 9.61 Å². The van der Waals surface area contributed by atoms with Crippen LogP contribution in [0.3, 0.4) is 0 Å². The molecule has 1 unspecified atom stereocenters. The van der Waals surface area contributed by atoms with Gasteiger partial charge in [-0.3, -0.25) is 0 Å². The van der Waals surface area contributed by atoms with E-state index in [-0.39, 0.29) is 0 Å². The molecule has 2 aromatic rings. The van der Waals surface area contributed by atoms with Gasteiger partial charge in [0.25, 0.3) is 0 Å². The normalized spacial score (nSPS) is 18.1. The fourth-order valence-electron chi connectivity index (χ4n) is 2.42. The molecular weight excluding hydrogens is 246 g/mol. The Labute approximate surface area is 110 Å². The average molecular weight is 265 g/mol. The molecule has 0 amide bonds. The Bertz CT molecular complexity index is 528. The van der Waals surface area contributed by atoms with Crippen LogP contribution >= 0.6 is 11.3 Å². The molecule has 1 fully saturated rings. The van der Waals surface area contributed by atoms with Crippen molar-refractivity contribution in [3.8, 4) is 0 Å². The van der Waals surface area contributed by atoms with Gasteiger partial charge < -0.3 is 5.73 Å². The van der Waals surface area contributed by atoms with Crippen LogP contribution in [-0.2, 0) is 0 Å². The van der Waals surface area contributed by atoms with Gasteiger partial charge in [0, 0.05) is 18.4 Å².